The molecule has 1 aliphatic rings. The quantitative estimate of drug-likeness (QED) is 0.499. The number of aryl methyl sites for hydroxylation is 1. The zero-order valence-corrected chi connectivity index (χ0v) is 22.8. The number of nitrogens with zero attached hydrogens (tertiary/aromatic N) is 3. The maximum absolute atomic E-state index is 13.3. The summed E-state index contributed by atoms with van der Waals surface area (Å²) in [5.41, 5.74) is 9.23. The molecule has 0 spiro atoms. The van der Waals surface area contributed by atoms with Crippen LogP contribution in [0.15, 0.2) is 36.4 Å². The lowest BCUT2D eigenvalue weighted by molar-refractivity contribution is 0.184. The van der Waals surface area contributed by atoms with Gasteiger partial charge in [0.05, 0.1) is 0 Å². The summed E-state index contributed by atoms with van der Waals surface area (Å²) >= 11 is 0. The van der Waals surface area contributed by atoms with E-state index in [9.17, 15) is 4.39 Å². The van der Waals surface area contributed by atoms with E-state index in [1.807, 2.05) is 12.1 Å². The summed E-state index contributed by atoms with van der Waals surface area (Å²) < 4.78 is 13.3. The first-order chi connectivity index (χ1) is 13.9. The van der Waals surface area contributed by atoms with Gasteiger partial charge in [0.1, 0.15) is 11.6 Å². The molecule has 190 valence electrons. The summed E-state index contributed by atoms with van der Waals surface area (Å²) in [7, 11) is 4.35. The molecule has 33 heavy (non-hydrogen) atoms. The predicted octanol–water partition coefficient (Wildman–Crippen LogP) is 4.04. The molecule has 2 aromatic rings. The van der Waals surface area contributed by atoms with Gasteiger partial charge in [-0.25, -0.2) is 9.37 Å². The number of hydrogen-bond donors (Lipinski definition) is 2. The highest BCUT2D eigenvalue weighted by Gasteiger charge is 2.30. The molecular formula is C23H38Cl4FN5. The summed E-state index contributed by atoms with van der Waals surface area (Å²) in [5, 5.41) is 3.54. The molecule has 3 N–H and O–H groups in total. The summed E-state index contributed by atoms with van der Waals surface area (Å²) in [5.74, 6) is 0.983. The first-order valence-electron chi connectivity index (χ1n) is 10.5. The van der Waals surface area contributed by atoms with Crippen molar-refractivity contribution < 1.29 is 4.39 Å². The number of hydrogen-bond acceptors (Lipinski definition) is 5. The van der Waals surface area contributed by atoms with E-state index in [2.05, 4.69) is 47.2 Å². The van der Waals surface area contributed by atoms with Crippen LogP contribution in [0.5, 0.6) is 0 Å². The van der Waals surface area contributed by atoms with Gasteiger partial charge < -0.3 is 20.9 Å². The summed E-state index contributed by atoms with van der Waals surface area (Å²) in [6, 6.07) is 11.4. The molecule has 1 saturated heterocycles. The molecule has 10 heteroatoms. The number of aromatic nitrogens is 1. The van der Waals surface area contributed by atoms with Crippen molar-refractivity contribution in [2.24, 2.45) is 5.92 Å². The fourth-order valence-electron chi connectivity index (χ4n) is 4.20. The standard InChI is InChI=1S/C23H34FN5.4ClH/c1-17-11-21(27-23(25)12-17)14-19-15-26-16-22(19)29(3)10-9-28(2)8-7-18-5-4-6-20(24)13-18;;;;/h4-6,11-13,19,22,26H,7-10,14-16H2,1-3H3,(H2,25,27);4*1H/t19-,22+;;;;/m0..../s1. The third kappa shape index (κ3) is 11.0. The maximum Gasteiger partial charge on any atom is 0.123 e. The van der Waals surface area contributed by atoms with Crippen molar-refractivity contribution in [2.45, 2.75) is 25.8 Å². The number of benzene rings is 1. The van der Waals surface area contributed by atoms with Crippen LogP contribution in [0.1, 0.15) is 16.8 Å². The monoisotopic (exact) mass is 543 g/mol. The Bertz CT molecular complexity index is 794. The van der Waals surface area contributed by atoms with Gasteiger partial charge in [0.25, 0.3) is 0 Å². The second kappa shape index (κ2) is 16.7. The van der Waals surface area contributed by atoms with Crippen molar-refractivity contribution in [3.8, 4) is 0 Å². The highest BCUT2D eigenvalue weighted by atomic mass is 35.5. The van der Waals surface area contributed by atoms with Gasteiger partial charge in [-0.15, -0.1) is 49.6 Å². The number of nitrogens with one attached hydrogen (secondary N) is 1. The van der Waals surface area contributed by atoms with Crippen LogP contribution >= 0.6 is 49.6 Å². The number of anilines is 1. The van der Waals surface area contributed by atoms with Crippen LogP contribution in [0.25, 0.3) is 0 Å². The van der Waals surface area contributed by atoms with E-state index in [1.165, 1.54) is 11.6 Å². The van der Waals surface area contributed by atoms with E-state index >= 15 is 0 Å². The highest BCUT2D eigenvalue weighted by Crippen LogP contribution is 2.20. The zero-order chi connectivity index (χ0) is 20.8. The Morgan fingerprint density at radius 2 is 1.76 bits per heavy atom. The minimum absolute atomic E-state index is 0. The van der Waals surface area contributed by atoms with Gasteiger partial charge in [-0.2, -0.15) is 0 Å². The molecule has 5 nitrogen and oxygen atoms in total. The Hall–Kier alpha value is -0.860. The van der Waals surface area contributed by atoms with Gasteiger partial charge in [0.2, 0.25) is 0 Å². The highest BCUT2D eigenvalue weighted by molar-refractivity contribution is 5.86. The molecule has 1 fully saturated rings. The number of likely N-dealkylation sites (N-methyl/N-ethyl adjacent to an activating group) is 2. The van der Waals surface area contributed by atoms with Crippen LogP contribution in [0.3, 0.4) is 0 Å². The van der Waals surface area contributed by atoms with Gasteiger partial charge in [-0.3, -0.25) is 0 Å². The molecule has 0 saturated carbocycles. The number of nitrogen functional groups attached to an aromatic ring is 1. The van der Waals surface area contributed by atoms with Crippen LogP contribution in [-0.4, -0.2) is 67.6 Å². The van der Waals surface area contributed by atoms with Gasteiger partial charge in [-0.1, -0.05) is 12.1 Å². The van der Waals surface area contributed by atoms with Gasteiger partial charge in [0, 0.05) is 37.9 Å². The number of halogens is 5. The van der Waals surface area contributed by atoms with Crippen molar-refractivity contribution in [1.82, 2.24) is 20.1 Å². The summed E-state index contributed by atoms with van der Waals surface area (Å²) in [4.78, 5) is 9.30. The molecule has 2 heterocycles. The molecule has 0 bridgehead atoms. The van der Waals surface area contributed by atoms with E-state index in [0.717, 1.165) is 56.8 Å². The van der Waals surface area contributed by atoms with E-state index in [4.69, 9.17) is 5.73 Å². The molecule has 0 amide bonds. The Kier molecular flexibility index (Phi) is 17.4. The Morgan fingerprint density at radius 1 is 1.03 bits per heavy atom. The van der Waals surface area contributed by atoms with Crippen LogP contribution in [0.2, 0.25) is 0 Å². The van der Waals surface area contributed by atoms with Crippen molar-refractivity contribution in [1.29, 1.82) is 0 Å². The lowest BCUT2D eigenvalue weighted by atomic mass is 9.96. The molecule has 0 aliphatic carbocycles. The lowest BCUT2D eigenvalue weighted by Gasteiger charge is -2.30. The topological polar surface area (TPSA) is 57.4 Å². The minimum Gasteiger partial charge on any atom is -0.384 e. The average Bonchev–Trinajstić information content (AvgIpc) is 3.12. The molecule has 0 unspecified atom stereocenters. The molecule has 2 atom stereocenters. The zero-order valence-electron chi connectivity index (χ0n) is 19.5. The molecule has 1 aliphatic heterocycles. The fraction of sp³-hybridized carbons (Fsp3) is 0.522. The second-order valence-corrected chi connectivity index (χ2v) is 8.41. The fourth-order valence-corrected chi connectivity index (χ4v) is 4.20. The van der Waals surface area contributed by atoms with Crippen LogP contribution < -0.4 is 11.1 Å². The first kappa shape index (κ1) is 34.3. The van der Waals surface area contributed by atoms with E-state index in [0.29, 0.717) is 17.8 Å². The summed E-state index contributed by atoms with van der Waals surface area (Å²) in [6.07, 6.45) is 1.81. The third-order valence-corrected chi connectivity index (χ3v) is 5.89. The lowest BCUT2D eigenvalue weighted by Crippen LogP contribution is -2.42. The predicted molar refractivity (Wildman–Crippen MR) is 146 cm³/mol. The van der Waals surface area contributed by atoms with Gasteiger partial charge in [-0.05, 0) is 81.7 Å². The Labute approximate surface area is 222 Å². The number of pyridine rings is 1. The van der Waals surface area contributed by atoms with E-state index in [-0.39, 0.29) is 55.4 Å². The van der Waals surface area contributed by atoms with Crippen LogP contribution in [-0.2, 0) is 12.8 Å². The van der Waals surface area contributed by atoms with Crippen molar-refractivity contribution in [3.63, 3.8) is 0 Å². The Morgan fingerprint density at radius 3 is 2.42 bits per heavy atom. The van der Waals surface area contributed by atoms with Gasteiger partial charge >= 0.3 is 0 Å². The molecule has 0 radical (unpaired) electrons. The van der Waals surface area contributed by atoms with Crippen molar-refractivity contribution in [2.75, 3.05) is 52.6 Å². The maximum atomic E-state index is 13.3. The number of nitrogens with two attached hydrogens (primary N) is 1. The molecule has 1 aromatic heterocycles. The normalized spacial score (nSPS) is 17.0. The van der Waals surface area contributed by atoms with Gasteiger partial charge in [0.15, 0.2) is 0 Å². The third-order valence-electron chi connectivity index (χ3n) is 5.89. The average molecular weight is 545 g/mol. The Balaban J connectivity index is 0. The minimum atomic E-state index is -0.158. The number of rotatable bonds is 9. The largest absolute Gasteiger partial charge is 0.384 e. The molecular weight excluding hydrogens is 507 g/mol. The molecule has 3 rings (SSSR count). The second-order valence-electron chi connectivity index (χ2n) is 8.41. The van der Waals surface area contributed by atoms with E-state index in [1.54, 1.807) is 12.1 Å². The SMILES string of the molecule is Cc1cc(N)nc(C[C@H]2CNC[C@H]2N(C)CCN(C)CCc2cccc(F)c2)c1.Cl.Cl.Cl.Cl. The first-order valence-corrected chi connectivity index (χ1v) is 10.5. The summed E-state index contributed by atoms with van der Waals surface area (Å²) in [6.45, 7) is 7.01. The van der Waals surface area contributed by atoms with Crippen LogP contribution in [0.4, 0.5) is 10.2 Å². The van der Waals surface area contributed by atoms with Crippen molar-refractivity contribution in [3.05, 3.63) is 59.0 Å². The van der Waals surface area contributed by atoms with Crippen molar-refractivity contribution >= 4 is 55.4 Å². The molecule has 1 aromatic carbocycles. The van der Waals surface area contributed by atoms with Crippen LogP contribution in [0, 0.1) is 18.7 Å². The van der Waals surface area contributed by atoms with E-state index < -0.39 is 0 Å². The smallest absolute Gasteiger partial charge is 0.123 e.